The molecule has 1 atom stereocenters. The number of allylic oxidation sites excluding steroid dienone is 2. The number of rotatable bonds is 4. The van der Waals surface area contributed by atoms with Gasteiger partial charge in [0.2, 0.25) is 5.95 Å². The summed E-state index contributed by atoms with van der Waals surface area (Å²) in [6, 6.07) is 15.3. The highest BCUT2D eigenvalue weighted by Crippen LogP contribution is 2.41. The maximum absolute atomic E-state index is 12.9. The predicted octanol–water partition coefficient (Wildman–Crippen LogP) is 3.98. The molecule has 1 unspecified atom stereocenters. The Bertz CT molecular complexity index is 1130. The summed E-state index contributed by atoms with van der Waals surface area (Å²) in [5.74, 6) is 2.68. The molecular formula is C23H22N4O3. The van der Waals surface area contributed by atoms with Crippen molar-refractivity contribution in [3.8, 4) is 22.9 Å². The van der Waals surface area contributed by atoms with E-state index in [4.69, 9.17) is 19.6 Å². The van der Waals surface area contributed by atoms with Gasteiger partial charge in [-0.05, 0) is 30.5 Å². The van der Waals surface area contributed by atoms with Crippen molar-refractivity contribution in [1.29, 1.82) is 0 Å². The van der Waals surface area contributed by atoms with E-state index < -0.39 is 0 Å². The predicted molar refractivity (Wildman–Crippen MR) is 113 cm³/mol. The van der Waals surface area contributed by atoms with Crippen LogP contribution in [0.5, 0.6) is 11.5 Å². The minimum atomic E-state index is -0.293. The van der Waals surface area contributed by atoms with Gasteiger partial charge in [0.15, 0.2) is 11.6 Å². The maximum atomic E-state index is 12.9. The molecule has 0 saturated heterocycles. The number of benzene rings is 2. The standard InChI is InChI=1S/C23H22N4O3/c1-29-16-11-15(12-17(13-16)30-2)22-25-23-24-18-9-6-10-19(28)20(18)21(27(23)26-22)14-7-4-3-5-8-14/h3-5,7-8,11-13,21H,6,9-10H2,1-2H3,(H,24,25,26). The number of nitrogens with zero attached hydrogens (tertiary/aromatic N) is 3. The summed E-state index contributed by atoms with van der Waals surface area (Å²) < 4.78 is 12.6. The highest BCUT2D eigenvalue weighted by atomic mass is 16.5. The second-order valence-electron chi connectivity index (χ2n) is 7.41. The first-order valence-electron chi connectivity index (χ1n) is 9.96. The molecule has 3 aromatic rings. The van der Waals surface area contributed by atoms with Crippen LogP contribution in [0.1, 0.15) is 30.9 Å². The monoisotopic (exact) mass is 402 g/mol. The number of fused-ring (bicyclic) bond motifs is 1. The van der Waals surface area contributed by atoms with Crippen LogP contribution in [-0.4, -0.2) is 34.8 Å². The minimum absolute atomic E-state index is 0.170. The molecule has 7 nitrogen and oxygen atoms in total. The Kier molecular flexibility index (Phi) is 4.50. The van der Waals surface area contributed by atoms with Crippen LogP contribution in [0.25, 0.3) is 11.4 Å². The summed E-state index contributed by atoms with van der Waals surface area (Å²) in [7, 11) is 3.22. The molecule has 2 heterocycles. The zero-order valence-electron chi connectivity index (χ0n) is 16.9. The van der Waals surface area contributed by atoms with E-state index in [1.165, 1.54) is 0 Å². The van der Waals surface area contributed by atoms with Gasteiger partial charge in [0.25, 0.3) is 0 Å². The Balaban J connectivity index is 1.66. The quantitative estimate of drug-likeness (QED) is 0.711. The van der Waals surface area contributed by atoms with Crippen LogP contribution in [0.3, 0.4) is 0 Å². The minimum Gasteiger partial charge on any atom is -0.497 e. The first kappa shape index (κ1) is 18.4. The third-order valence-corrected chi connectivity index (χ3v) is 5.59. The van der Waals surface area contributed by atoms with Gasteiger partial charge in [-0.15, -0.1) is 5.10 Å². The first-order valence-corrected chi connectivity index (χ1v) is 9.96. The number of carbonyl (C=O) groups is 1. The molecule has 30 heavy (non-hydrogen) atoms. The number of hydrogen-bond acceptors (Lipinski definition) is 6. The number of hydrogen-bond donors (Lipinski definition) is 1. The van der Waals surface area contributed by atoms with E-state index in [1.807, 2.05) is 53.2 Å². The summed E-state index contributed by atoms with van der Waals surface area (Å²) in [5, 5.41) is 8.16. The van der Waals surface area contributed by atoms with Crippen molar-refractivity contribution in [3.63, 3.8) is 0 Å². The molecular weight excluding hydrogens is 380 g/mol. The van der Waals surface area contributed by atoms with E-state index >= 15 is 0 Å². The maximum Gasteiger partial charge on any atom is 0.226 e. The largest absolute Gasteiger partial charge is 0.497 e. The fraction of sp³-hybridized carbons (Fsp3) is 0.261. The highest BCUT2D eigenvalue weighted by Gasteiger charge is 2.36. The molecule has 1 aromatic heterocycles. The van der Waals surface area contributed by atoms with Crippen molar-refractivity contribution in [2.24, 2.45) is 0 Å². The smallest absolute Gasteiger partial charge is 0.226 e. The van der Waals surface area contributed by atoms with E-state index in [2.05, 4.69) is 5.32 Å². The van der Waals surface area contributed by atoms with Crippen LogP contribution in [0.2, 0.25) is 0 Å². The first-order chi connectivity index (χ1) is 14.7. The highest BCUT2D eigenvalue weighted by molar-refractivity contribution is 5.99. The Hall–Kier alpha value is -3.61. The second-order valence-corrected chi connectivity index (χ2v) is 7.41. The van der Waals surface area contributed by atoms with Crippen LogP contribution in [0.4, 0.5) is 5.95 Å². The molecule has 2 aromatic carbocycles. The molecule has 0 fully saturated rings. The summed E-state index contributed by atoms with van der Waals surface area (Å²) in [5.41, 5.74) is 3.54. The van der Waals surface area contributed by atoms with Gasteiger partial charge in [-0.2, -0.15) is 4.98 Å². The molecule has 1 aliphatic heterocycles. The number of ether oxygens (including phenoxy) is 2. The molecule has 2 aliphatic rings. The van der Waals surface area contributed by atoms with Crippen molar-refractivity contribution in [1.82, 2.24) is 14.8 Å². The number of aromatic nitrogens is 3. The van der Waals surface area contributed by atoms with Gasteiger partial charge in [-0.1, -0.05) is 30.3 Å². The lowest BCUT2D eigenvalue weighted by Gasteiger charge is -2.32. The number of ketones is 1. The van der Waals surface area contributed by atoms with Crippen molar-refractivity contribution >= 4 is 11.7 Å². The summed E-state index contributed by atoms with van der Waals surface area (Å²) >= 11 is 0. The lowest BCUT2D eigenvalue weighted by Crippen LogP contribution is -2.31. The van der Waals surface area contributed by atoms with Crippen LogP contribution in [0.15, 0.2) is 59.8 Å². The zero-order valence-corrected chi connectivity index (χ0v) is 16.9. The van der Waals surface area contributed by atoms with Crippen molar-refractivity contribution in [3.05, 3.63) is 65.4 Å². The van der Waals surface area contributed by atoms with Crippen LogP contribution >= 0.6 is 0 Å². The molecule has 0 spiro atoms. The van der Waals surface area contributed by atoms with E-state index in [-0.39, 0.29) is 11.8 Å². The Morgan fingerprint density at radius 3 is 2.47 bits per heavy atom. The molecule has 1 N–H and O–H groups in total. The van der Waals surface area contributed by atoms with Crippen molar-refractivity contribution in [2.45, 2.75) is 25.3 Å². The molecule has 0 saturated carbocycles. The Morgan fingerprint density at radius 2 is 1.77 bits per heavy atom. The van der Waals surface area contributed by atoms with Gasteiger partial charge in [0.1, 0.15) is 17.5 Å². The lowest BCUT2D eigenvalue weighted by atomic mass is 9.85. The van der Waals surface area contributed by atoms with Gasteiger partial charge < -0.3 is 14.8 Å². The van der Waals surface area contributed by atoms with Crippen LogP contribution in [-0.2, 0) is 4.79 Å². The van der Waals surface area contributed by atoms with E-state index in [9.17, 15) is 4.79 Å². The molecule has 152 valence electrons. The molecule has 1 aliphatic carbocycles. The topological polar surface area (TPSA) is 78.3 Å². The molecule has 0 amide bonds. The lowest BCUT2D eigenvalue weighted by molar-refractivity contribution is -0.116. The van der Waals surface area contributed by atoms with Gasteiger partial charge in [0.05, 0.1) is 14.2 Å². The summed E-state index contributed by atoms with van der Waals surface area (Å²) in [4.78, 5) is 17.6. The van der Waals surface area contributed by atoms with Gasteiger partial charge in [0, 0.05) is 29.3 Å². The van der Waals surface area contributed by atoms with Crippen LogP contribution < -0.4 is 14.8 Å². The number of nitrogens with one attached hydrogen (secondary N) is 1. The second kappa shape index (κ2) is 7.33. The van der Waals surface area contributed by atoms with Gasteiger partial charge in [-0.25, -0.2) is 4.68 Å². The average Bonchev–Trinajstić information content (AvgIpc) is 3.22. The van der Waals surface area contributed by atoms with Crippen molar-refractivity contribution < 1.29 is 14.3 Å². The fourth-order valence-electron chi connectivity index (χ4n) is 4.16. The normalized spacial score (nSPS) is 17.8. The van der Waals surface area contributed by atoms with E-state index in [0.29, 0.717) is 29.7 Å². The number of Topliss-reactive ketones (excluding diaryl/α,β-unsaturated/α-hetero) is 1. The number of carbonyl (C=O) groups excluding carboxylic acids is 1. The summed E-state index contributed by atoms with van der Waals surface area (Å²) in [6.07, 6.45) is 2.24. The van der Waals surface area contributed by atoms with Crippen LogP contribution in [0, 0.1) is 0 Å². The Labute approximate surface area is 174 Å². The summed E-state index contributed by atoms with van der Waals surface area (Å²) in [6.45, 7) is 0. The SMILES string of the molecule is COc1cc(OC)cc(-c2nc3n(n2)C(c2ccccc2)C2=C(CCCC2=O)N3)c1. The van der Waals surface area contributed by atoms with Gasteiger partial charge in [-0.3, -0.25) is 4.79 Å². The van der Waals surface area contributed by atoms with E-state index in [1.54, 1.807) is 14.2 Å². The fourth-order valence-corrected chi connectivity index (χ4v) is 4.16. The molecule has 0 radical (unpaired) electrons. The molecule has 7 heteroatoms. The molecule has 5 rings (SSSR count). The zero-order chi connectivity index (χ0) is 20.7. The van der Waals surface area contributed by atoms with Gasteiger partial charge >= 0.3 is 0 Å². The van der Waals surface area contributed by atoms with E-state index in [0.717, 1.165) is 35.2 Å². The average molecular weight is 402 g/mol. The third kappa shape index (κ3) is 3.03. The number of methoxy groups -OCH3 is 2. The van der Waals surface area contributed by atoms with Crippen molar-refractivity contribution in [2.75, 3.05) is 19.5 Å². The third-order valence-electron chi connectivity index (χ3n) is 5.59. The molecule has 0 bridgehead atoms. The Morgan fingerprint density at radius 1 is 1.03 bits per heavy atom. The number of anilines is 1.